The number of nitrogens with zero attached hydrogens (tertiary/aromatic N) is 2. The van der Waals surface area contributed by atoms with Crippen LogP contribution in [0.3, 0.4) is 0 Å². The number of benzene rings is 1. The molecule has 0 aliphatic heterocycles. The van der Waals surface area contributed by atoms with E-state index in [1.54, 1.807) is 0 Å². The van der Waals surface area contributed by atoms with Crippen molar-refractivity contribution in [2.24, 2.45) is 0 Å². The molecular formula is C12H5BrClF6N3O. The summed E-state index contributed by atoms with van der Waals surface area (Å²) in [5.74, 6) is -2.24. The quantitative estimate of drug-likeness (QED) is 0.506. The number of hydrogen-bond donors (Lipinski definition) is 1. The molecule has 1 aromatic heterocycles. The van der Waals surface area contributed by atoms with Crippen molar-refractivity contribution >= 4 is 39.0 Å². The summed E-state index contributed by atoms with van der Waals surface area (Å²) < 4.78 is 78.1. The van der Waals surface area contributed by atoms with Gasteiger partial charge in [0.15, 0.2) is 0 Å². The molecule has 0 amide bonds. The number of ether oxygens (including phenoxy) is 1. The maximum absolute atomic E-state index is 12.6. The monoisotopic (exact) mass is 435 g/mol. The summed E-state index contributed by atoms with van der Waals surface area (Å²) in [6.45, 7) is 0. The minimum absolute atomic E-state index is 0.0685. The van der Waals surface area contributed by atoms with Crippen LogP contribution in [0.2, 0.25) is 5.15 Å². The van der Waals surface area contributed by atoms with E-state index in [1.165, 1.54) is 6.07 Å². The maximum Gasteiger partial charge on any atom is 0.573 e. The number of aromatic nitrogens is 2. The fraction of sp³-hybridized carbons (Fsp3) is 0.167. The van der Waals surface area contributed by atoms with Crippen LogP contribution in [0.25, 0.3) is 0 Å². The summed E-state index contributed by atoms with van der Waals surface area (Å²) in [6, 6.07) is 4.34. The molecule has 1 aromatic carbocycles. The normalized spacial score (nSPS) is 12.2. The van der Waals surface area contributed by atoms with Crippen LogP contribution in [0.5, 0.6) is 5.75 Å². The number of anilines is 2. The van der Waals surface area contributed by atoms with E-state index in [-0.39, 0.29) is 16.0 Å². The zero-order chi connectivity index (χ0) is 18.1. The minimum atomic E-state index is -4.88. The number of alkyl halides is 6. The Hall–Kier alpha value is -1.75. The van der Waals surface area contributed by atoms with Crippen LogP contribution in [-0.4, -0.2) is 16.3 Å². The Labute approximate surface area is 143 Å². The van der Waals surface area contributed by atoms with Crippen molar-refractivity contribution in [1.29, 1.82) is 0 Å². The van der Waals surface area contributed by atoms with E-state index in [2.05, 4.69) is 36.0 Å². The first-order valence-electron chi connectivity index (χ1n) is 5.88. The van der Waals surface area contributed by atoms with Crippen LogP contribution in [0.15, 0.2) is 28.7 Å². The fourth-order valence-electron chi connectivity index (χ4n) is 1.54. The van der Waals surface area contributed by atoms with Gasteiger partial charge < -0.3 is 10.1 Å². The Morgan fingerprint density at radius 3 is 2.25 bits per heavy atom. The molecule has 2 aromatic rings. The smallest absolute Gasteiger partial charge is 0.405 e. The van der Waals surface area contributed by atoms with Gasteiger partial charge in [-0.15, -0.1) is 13.2 Å². The van der Waals surface area contributed by atoms with Gasteiger partial charge in [-0.25, -0.2) is 9.97 Å². The Balaban J connectivity index is 2.26. The first-order chi connectivity index (χ1) is 10.9. The van der Waals surface area contributed by atoms with Crippen LogP contribution < -0.4 is 10.1 Å². The second kappa shape index (κ2) is 6.63. The molecule has 0 saturated carbocycles. The predicted molar refractivity (Wildman–Crippen MR) is 76.2 cm³/mol. The van der Waals surface area contributed by atoms with Gasteiger partial charge in [-0.3, -0.25) is 0 Å². The fourth-order valence-corrected chi connectivity index (χ4v) is 2.19. The molecule has 2 rings (SSSR count). The minimum Gasteiger partial charge on any atom is -0.405 e. The highest BCUT2D eigenvalue weighted by Gasteiger charge is 2.35. The van der Waals surface area contributed by atoms with E-state index in [9.17, 15) is 26.3 Å². The van der Waals surface area contributed by atoms with Crippen LogP contribution in [0.1, 0.15) is 5.82 Å². The Kier molecular flexibility index (Phi) is 5.14. The van der Waals surface area contributed by atoms with E-state index in [1.807, 2.05) is 0 Å². The van der Waals surface area contributed by atoms with Crippen molar-refractivity contribution < 1.29 is 31.1 Å². The molecule has 1 heterocycles. The van der Waals surface area contributed by atoms with Crippen molar-refractivity contribution in [3.63, 3.8) is 0 Å². The Morgan fingerprint density at radius 1 is 1.04 bits per heavy atom. The van der Waals surface area contributed by atoms with Crippen molar-refractivity contribution in [2.45, 2.75) is 12.5 Å². The molecule has 0 spiro atoms. The van der Waals surface area contributed by atoms with Gasteiger partial charge in [-0.1, -0.05) is 11.6 Å². The highest BCUT2D eigenvalue weighted by Crippen LogP contribution is 2.34. The molecule has 1 N–H and O–H groups in total. The highest BCUT2D eigenvalue weighted by atomic mass is 79.9. The molecular weight excluding hydrogens is 431 g/mol. The first-order valence-corrected chi connectivity index (χ1v) is 7.05. The standard InChI is InChI=1S/C12H5BrClF6N3O/c13-6-3-5(1-2-7(6)24-12(18,19)20)21-9-4-8(14)22-10(23-9)11(15,16)17/h1-4H,(H,21,22,23). The van der Waals surface area contributed by atoms with E-state index in [0.29, 0.717) is 0 Å². The van der Waals surface area contributed by atoms with Gasteiger partial charge in [-0.2, -0.15) is 13.2 Å². The lowest BCUT2D eigenvalue weighted by molar-refractivity contribution is -0.274. The molecule has 0 unspecified atom stereocenters. The summed E-state index contributed by atoms with van der Waals surface area (Å²) in [5.41, 5.74) is 0.152. The summed E-state index contributed by atoms with van der Waals surface area (Å²) in [6.07, 6.45) is -9.68. The lowest BCUT2D eigenvalue weighted by atomic mass is 10.3. The van der Waals surface area contributed by atoms with Crippen LogP contribution in [0.4, 0.5) is 37.8 Å². The van der Waals surface area contributed by atoms with Crippen molar-refractivity contribution in [2.75, 3.05) is 5.32 Å². The predicted octanol–water partition coefficient (Wildman–Crippen LogP) is 5.55. The van der Waals surface area contributed by atoms with Gasteiger partial charge in [0.05, 0.1) is 4.47 Å². The molecule has 24 heavy (non-hydrogen) atoms. The lowest BCUT2D eigenvalue weighted by Crippen LogP contribution is -2.17. The second-order valence-corrected chi connectivity index (χ2v) is 5.46. The van der Waals surface area contributed by atoms with E-state index in [0.717, 1.165) is 18.2 Å². The van der Waals surface area contributed by atoms with Gasteiger partial charge in [0, 0.05) is 11.8 Å². The van der Waals surface area contributed by atoms with E-state index >= 15 is 0 Å². The second-order valence-electron chi connectivity index (χ2n) is 4.22. The molecule has 0 saturated heterocycles. The molecule has 0 bridgehead atoms. The third-order valence-electron chi connectivity index (χ3n) is 2.38. The third-order valence-corrected chi connectivity index (χ3v) is 3.19. The molecule has 0 aliphatic carbocycles. The number of nitrogens with one attached hydrogen (secondary N) is 1. The van der Waals surface area contributed by atoms with Gasteiger partial charge in [-0.05, 0) is 34.1 Å². The zero-order valence-corrected chi connectivity index (χ0v) is 13.5. The molecule has 12 heteroatoms. The van der Waals surface area contributed by atoms with Crippen molar-refractivity contribution in [3.05, 3.63) is 39.7 Å². The average Bonchev–Trinajstić information content (AvgIpc) is 2.39. The van der Waals surface area contributed by atoms with E-state index in [4.69, 9.17) is 11.6 Å². The van der Waals surface area contributed by atoms with Gasteiger partial charge >= 0.3 is 12.5 Å². The summed E-state index contributed by atoms with van der Waals surface area (Å²) in [4.78, 5) is 6.31. The lowest BCUT2D eigenvalue weighted by Gasteiger charge is -2.13. The number of rotatable bonds is 3. The van der Waals surface area contributed by atoms with Gasteiger partial charge in [0.2, 0.25) is 5.82 Å². The summed E-state index contributed by atoms with van der Waals surface area (Å²) >= 11 is 8.38. The molecule has 130 valence electrons. The first kappa shape index (κ1) is 18.6. The third kappa shape index (κ3) is 5.13. The highest BCUT2D eigenvalue weighted by molar-refractivity contribution is 9.10. The largest absolute Gasteiger partial charge is 0.573 e. The van der Waals surface area contributed by atoms with Crippen LogP contribution in [0, 0.1) is 0 Å². The SMILES string of the molecule is FC(F)(F)Oc1ccc(Nc2cc(Cl)nc(C(F)(F)F)n2)cc1Br. The molecule has 0 radical (unpaired) electrons. The van der Waals surface area contributed by atoms with Crippen molar-refractivity contribution in [3.8, 4) is 5.75 Å². The molecule has 4 nitrogen and oxygen atoms in total. The van der Waals surface area contributed by atoms with Gasteiger partial charge in [0.1, 0.15) is 16.7 Å². The average molecular weight is 437 g/mol. The molecule has 0 atom stereocenters. The Morgan fingerprint density at radius 2 is 1.71 bits per heavy atom. The Bertz CT molecular complexity index is 753. The maximum atomic E-state index is 12.6. The molecule has 0 fully saturated rings. The number of halogens is 8. The van der Waals surface area contributed by atoms with E-state index < -0.39 is 29.3 Å². The number of hydrogen-bond acceptors (Lipinski definition) is 4. The molecule has 0 aliphatic rings. The summed E-state index contributed by atoms with van der Waals surface area (Å²) in [5, 5.41) is 2.04. The zero-order valence-electron chi connectivity index (χ0n) is 11.1. The van der Waals surface area contributed by atoms with Crippen molar-refractivity contribution in [1.82, 2.24) is 9.97 Å². The van der Waals surface area contributed by atoms with Crippen LogP contribution >= 0.6 is 27.5 Å². The topological polar surface area (TPSA) is 47.0 Å². The van der Waals surface area contributed by atoms with Gasteiger partial charge in [0.25, 0.3) is 0 Å². The summed E-state index contributed by atoms with van der Waals surface area (Å²) in [7, 11) is 0. The van der Waals surface area contributed by atoms with Crippen LogP contribution in [-0.2, 0) is 6.18 Å².